The number of aliphatic hydroxyl groups excluding tert-OH is 1. The first kappa shape index (κ1) is 11.0. The number of likely N-dealkylation sites (tertiary alicyclic amines) is 1. The van der Waals surface area contributed by atoms with Gasteiger partial charge in [0.2, 0.25) is 0 Å². The number of methoxy groups -OCH3 is 1. The molecule has 1 saturated heterocycles. The number of carbonyl (C=O) groups excluding carboxylic acids is 1. The van der Waals surface area contributed by atoms with Crippen LogP contribution in [0.4, 0.5) is 0 Å². The average Bonchev–Trinajstić information content (AvgIpc) is 2.75. The third-order valence-corrected chi connectivity index (χ3v) is 2.79. The molecular weight excluding hydrogens is 206 g/mol. The normalized spacial score (nSPS) is 19.9. The second-order valence-electron chi connectivity index (χ2n) is 3.89. The van der Waals surface area contributed by atoms with Gasteiger partial charge in [0, 0.05) is 13.1 Å². The SMILES string of the molecule is COc1ccccc1C(=O)N1CCC(O)C1. The summed E-state index contributed by atoms with van der Waals surface area (Å²) in [6, 6.07) is 7.14. The maximum atomic E-state index is 12.1. The molecule has 1 atom stereocenters. The lowest BCUT2D eigenvalue weighted by molar-refractivity contribution is 0.0761. The number of benzene rings is 1. The lowest BCUT2D eigenvalue weighted by atomic mass is 10.2. The van der Waals surface area contributed by atoms with E-state index in [0.29, 0.717) is 30.8 Å². The minimum absolute atomic E-state index is 0.0750. The molecule has 1 aliphatic rings. The van der Waals surface area contributed by atoms with Crippen molar-refractivity contribution in [3.05, 3.63) is 29.8 Å². The molecule has 1 aliphatic heterocycles. The van der Waals surface area contributed by atoms with Crippen LogP contribution in [0.5, 0.6) is 5.75 Å². The number of ether oxygens (including phenoxy) is 1. The molecule has 1 aromatic rings. The van der Waals surface area contributed by atoms with Gasteiger partial charge < -0.3 is 14.7 Å². The highest BCUT2D eigenvalue weighted by Gasteiger charge is 2.26. The van der Waals surface area contributed by atoms with Crippen LogP contribution in [0.15, 0.2) is 24.3 Å². The van der Waals surface area contributed by atoms with Gasteiger partial charge >= 0.3 is 0 Å². The first-order valence-corrected chi connectivity index (χ1v) is 5.32. The summed E-state index contributed by atoms with van der Waals surface area (Å²) < 4.78 is 5.14. The third kappa shape index (κ3) is 2.02. The maximum absolute atomic E-state index is 12.1. The fourth-order valence-corrected chi connectivity index (χ4v) is 1.92. The molecule has 1 unspecified atom stereocenters. The van der Waals surface area contributed by atoms with Gasteiger partial charge in [0.15, 0.2) is 0 Å². The number of β-amino-alcohol motifs (C(OH)–C–C–N with tert-alkyl or cyclic N) is 1. The van der Waals surface area contributed by atoms with E-state index in [0.717, 1.165) is 0 Å². The summed E-state index contributed by atoms with van der Waals surface area (Å²) in [7, 11) is 1.55. The highest BCUT2D eigenvalue weighted by atomic mass is 16.5. The number of rotatable bonds is 2. The quantitative estimate of drug-likeness (QED) is 0.807. The van der Waals surface area contributed by atoms with Gasteiger partial charge in [-0.25, -0.2) is 0 Å². The Bertz CT molecular complexity index is 392. The second kappa shape index (κ2) is 4.53. The smallest absolute Gasteiger partial charge is 0.257 e. The van der Waals surface area contributed by atoms with E-state index in [1.54, 1.807) is 24.1 Å². The molecule has 4 heteroatoms. The molecule has 16 heavy (non-hydrogen) atoms. The van der Waals surface area contributed by atoms with Crippen molar-refractivity contribution < 1.29 is 14.6 Å². The first-order chi connectivity index (χ1) is 7.72. The van der Waals surface area contributed by atoms with E-state index < -0.39 is 6.10 Å². The summed E-state index contributed by atoms with van der Waals surface area (Å²) in [4.78, 5) is 13.8. The van der Waals surface area contributed by atoms with Crippen molar-refractivity contribution in [1.82, 2.24) is 4.90 Å². The Kier molecular flexibility index (Phi) is 3.10. The highest BCUT2D eigenvalue weighted by molar-refractivity contribution is 5.97. The number of para-hydroxylation sites is 1. The number of carbonyl (C=O) groups is 1. The van der Waals surface area contributed by atoms with E-state index in [9.17, 15) is 9.90 Å². The lowest BCUT2D eigenvalue weighted by Crippen LogP contribution is -2.29. The Balaban J connectivity index is 2.20. The van der Waals surface area contributed by atoms with Crippen LogP contribution >= 0.6 is 0 Å². The van der Waals surface area contributed by atoms with E-state index in [1.807, 2.05) is 12.1 Å². The van der Waals surface area contributed by atoms with Crippen LogP contribution in [0, 0.1) is 0 Å². The molecule has 0 saturated carbocycles. The van der Waals surface area contributed by atoms with E-state index >= 15 is 0 Å². The predicted octanol–water partition coefficient (Wildman–Crippen LogP) is 0.902. The molecule has 1 heterocycles. The van der Waals surface area contributed by atoms with Crippen LogP contribution in [0.2, 0.25) is 0 Å². The van der Waals surface area contributed by atoms with Crippen LogP contribution in [0.25, 0.3) is 0 Å². The fraction of sp³-hybridized carbons (Fsp3) is 0.417. The summed E-state index contributed by atoms with van der Waals surface area (Å²) in [5, 5.41) is 9.40. The van der Waals surface area contributed by atoms with Gasteiger partial charge in [-0.3, -0.25) is 4.79 Å². The number of aliphatic hydroxyl groups is 1. The van der Waals surface area contributed by atoms with Crippen molar-refractivity contribution in [3.8, 4) is 5.75 Å². The van der Waals surface area contributed by atoms with Gasteiger partial charge in [-0.2, -0.15) is 0 Å². The Hall–Kier alpha value is -1.55. The number of amides is 1. The zero-order valence-corrected chi connectivity index (χ0v) is 9.22. The Morgan fingerprint density at radius 1 is 1.50 bits per heavy atom. The van der Waals surface area contributed by atoms with Crippen molar-refractivity contribution >= 4 is 5.91 Å². The predicted molar refractivity (Wildman–Crippen MR) is 59.5 cm³/mol. The fourth-order valence-electron chi connectivity index (χ4n) is 1.92. The molecule has 0 bridgehead atoms. The maximum Gasteiger partial charge on any atom is 0.257 e. The van der Waals surface area contributed by atoms with Gasteiger partial charge in [0.1, 0.15) is 5.75 Å². The summed E-state index contributed by atoms with van der Waals surface area (Å²) in [5.74, 6) is 0.503. The molecule has 2 rings (SSSR count). The van der Waals surface area contributed by atoms with Crippen molar-refractivity contribution in [2.24, 2.45) is 0 Å². The molecule has 1 fully saturated rings. The summed E-state index contributed by atoms with van der Waals surface area (Å²) in [6.07, 6.45) is 0.264. The zero-order chi connectivity index (χ0) is 11.5. The monoisotopic (exact) mass is 221 g/mol. The Labute approximate surface area is 94.4 Å². The zero-order valence-electron chi connectivity index (χ0n) is 9.22. The number of hydrogen-bond acceptors (Lipinski definition) is 3. The number of hydrogen-bond donors (Lipinski definition) is 1. The van der Waals surface area contributed by atoms with Crippen LogP contribution in [0.3, 0.4) is 0 Å². The Morgan fingerprint density at radius 3 is 2.88 bits per heavy atom. The molecule has 0 aliphatic carbocycles. The second-order valence-corrected chi connectivity index (χ2v) is 3.89. The number of nitrogens with zero attached hydrogens (tertiary/aromatic N) is 1. The van der Waals surface area contributed by atoms with E-state index in [4.69, 9.17) is 4.74 Å². The first-order valence-electron chi connectivity index (χ1n) is 5.32. The standard InChI is InChI=1S/C12H15NO3/c1-16-11-5-3-2-4-10(11)12(15)13-7-6-9(14)8-13/h2-5,9,14H,6-8H2,1H3. The molecule has 0 spiro atoms. The summed E-state index contributed by atoms with van der Waals surface area (Å²) in [6.45, 7) is 1.02. The summed E-state index contributed by atoms with van der Waals surface area (Å²) >= 11 is 0. The molecule has 1 amide bonds. The third-order valence-electron chi connectivity index (χ3n) is 2.79. The van der Waals surface area contributed by atoms with Crippen LogP contribution in [-0.4, -0.2) is 42.2 Å². The topological polar surface area (TPSA) is 49.8 Å². The molecule has 0 aromatic heterocycles. The average molecular weight is 221 g/mol. The van der Waals surface area contributed by atoms with Gasteiger partial charge in [0.05, 0.1) is 18.8 Å². The van der Waals surface area contributed by atoms with Gasteiger partial charge in [0.25, 0.3) is 5.91 Å². The van der Waals surface area contributed by atoms with E-state index in [1.165, 1.54) is 0 Å². The van der Waals surface area contributed by atoms with E-state index in [-0.39, 0.29) is 5.91 Å². The largest absolute Gasteiger partial charge is 0.496 e. The molecule has 1 aromatic carbocycles. The van der Waals surface area contributed by atoms with Crippen LogP contribution in [-0.2, 0) is 0 Å². The van der Waals surface area contributed by atoms with Crippen molar-refractivity contribution in [1.29, 1.82) is 0 Å². The molecule has 0 radical (unpaired) electrons. The van der Waals surface area contributed by atoms with Gasteiger partial charge in [-0.15, -0.1) is 0 Å². The molecule has 1 N–H and O–H groups in total. The minimum atomic E-state index is -0.390. The van der Waals surface area contributed by atoms with Crippen molar-refractivity contribution in [2.45, 2.75) is 12.5 Å². The van der Waals surface area contributed by atoms with Crippen LogP contribution in [0.1, 0.15) is 16.8 Å². The lowest BCUT2D eigenvalue weighted by Gasteiger charge is -2.17. The van der Waals surface area contributed by atoms with Gasteiger partial charge in [-0.1, -0.05) is 12.1 Å². The highest BCUT2D eigenvalue weighted by Crippen LogP contribution is 2.21. The molecule has 86 valence electrons. The minimum Gasteiger partial charge on any atom is -0.496 e. The van der Waals surface area contributed by atoms with Crippen molar-refractivity contribution in [3.63, 3.8) is 0 Å². The molecule has 4 nitrogen and oxygen atoms in total. The molecular formula is C12H15NO3. The summed E-state index contributed by atoms with van der Waals surface area (Å²) in [5.41, 5.74) is 0.555. The van der Waals surface area contributed by atoms with Gasteiger partial charge in [-0.05, 0) is 18.6 Å². The van der Waals surface area contributed by atoms with Crippen molar-refractivity contribution in [2.75, 3.05) is 20.2 Å². The van der Waals surface area contributed by atoms with Crippen LogP contribution < -0.4 is 4.74 Å². The van der Waals surface area contributed by atoms with E-state index in [2.05, 4.69) is 0 Å². The Morgan fingerprint density at radius 2 is 2.25 bits per heavy atom.